The fourth-order valence-electron chi connectivity index (χ4n) is 0.139. The quantitative estimate of drug-likeness (QED) is 0.247. The van der Waals surface area contributed by atoms with E-state index in [-0.39, 0.29) is 11.0 Å². The highest BCUT2D eigenvalue weighted by atomic mass is 31.3. The topological polar surface area (TPSA) is 265 Å². The molecule has 0 unspecified atom stereocenters. The first-order chi connectivity index (χ1) is 5.71. The first kappa shape index (κ1) is 25.2. The van der Waals surface area contributed by atoms with Crippen LogP contribution in [0.4, 0.5) is 0 Å². The van der Waals surface area contributed by atoms with Crippen LogP contribution in [0.5, 0.6) is 0 Å². The van der Waals surface area contributed by atoms with Crippen LogP contribution >= 0.6 is 23.5 Å². The van der Waals surface area contributed by atoms with Gasteiger partial charge in [-0.2, -0.15) is 4.31 Å². The van der Waals surface area contributed by atoms with E-state index < -0.39 is 23.5 Å². The van der Waals surface area contributed by atoms with Gasteiger partial charge in [-0.15, -0.1) is 0 Å². The van der Waals surface area contributed by atoms with Crippen molar-refractivity contribution in [3.63, 3.8) is 0 Å². The van der Waals surface area contributed by atoms with Crippen molar-refractivity contribution in [2.75, 3.05) is 0 Å². The standard InChI is InChI=1S/H4O7P2.H3O4P.2H2O/c1-8(2,3)7-9(4,5)6;1-5(2,3)4;;/h(H2,1,2,3)(H2,4,5,6);(H3,1,2,3,4);2*1H2. The third-order valence-electron chi connectivity index (χ3n) is 0.213. The van der Waals surface area contributed by atoms with Crippen molar-refractivity contribution in [2.24, 2.45) is 0 Å². The predicted molar refractivity (Wildman–Crippen MR) is 46.7 cm³/mol. The molecule has 0 radical (unpaired) electrons. The average molecular weight is 312 g/mol. The number of hydrogen-bond donors (Lipinski definition) is 7. The lowest BCUT2D eigenvalue weighted by molar-refractivity contribution is 0.225. The number of hydrogen-bond acceptors (Lipinski definition) is 4. The Hall–Kier alpha value is 0.290. The van der Waals surface area contributed by atoms with Gasteiger partial charge in [0.1, 0.15) is 0 Å². The zero-order valence-corrected chi connectivity index (χ0v) is 9.79. The normalized spacial score (nSPS) is 11.4. The van der Waals surface area contributed by atoms with Gasteiger partial charge >= 0.3 is 23.5 Å². The van der Waals surface area contributed by atoms with Crippen LogP contribution in [0.25, 0.3) is 0 Å². The second kappa shape index (κ2) is 8.39. The number of rotatable bonds is 2. The third kappa shape index (κ3) is 63.8. The minimum atomic E-state index is -5.05. The Bertz CT molecular complexity index is 254. The average Bonchev–Trinajstić information content (AvgIpc) is 1.42. The minimum absolute atomic E-state index is 0. The SMILES string of the molecule is O.O.O=P(O)(O)O.O=P(O)(O)OP(=O)(O)O. The molecule has 0 bridgehead atoms. The Morgan fingerprint density at radius 2 is 0.750 bits per heavy atom. The summed E-state index contributed by atoms with van der Waals surface area (Å²) >= 11 is 0. The Balaban J connectivity index is -0.0000000904. The lowest BCUT2D eigenvalue weighted by Crippen LogP contribution is -1.84. The van der Waals surface area contributed by atoms with E-state index in [1.165, 1.54) is 0 Å². The van der Waals surface area contributed by atoms with E-state index in [0.717, 1.165) is 0 Å². The molecule has 0 amide bonds. The van der Waals surface area contributed by atoms with E-state index in [2.05, 4.69) is 4.31 Å². The molecule has 0 aromatic heterocycles. The molecular weight excluding hydrogens is 301 g/mol. The summed E-state index contributed by atoms with van der Waals surface area (Å²) in [5, 5.41) is 0. The molecule has 0 rings (SSSR count). The summed E-state index contributed by atoms with van der Waals surface area (Å²) in [5.41, 5.74) is 0. The van der Waals surface area contributed by atoms with Gasteiger partial charge in [-0.25, -0.2) is 13.7 Å². The lowest BCUT2D eigenvalue weighted by Gasteiger charge is -2.03. The number of phosphoric acid groups is 3. The largest absolute Gasteiger partial charge is 0.478 e. The predicted octanol–water partition coefficient (Wildman–Crippen LogP) is -3.39. The van der Waals surface area contributed by atoms with Crippen LogP contribution in [0.2, 0.25) is 0 Å². The highest BCUT2D eigenvalue weighted by Crippen LogP contribution is 2.53. The van der Waals surface area contributed by atoms with Gasteiger partial charge in [0.15, 0.2) is 0 Å². The van der Waals surface area contributed by atoms with Crippen LogP contribution in [0.1, 0.15) is 0 Å². The van der Waals surface area contributed by atoms with E-state index in [9.17, 15) is 9.13 Å². The summed E-state index contributed by atoms with van der Waals surface area (Å²) in [5.74, 6) is 0. The highest BCUT2D eigenvalue weighted by molar-refractivity contribution is 7.60. The molecule has 0 saturated carbocycles. The Morgan fingerprint density at radius 1 is 0.625 bits per heavy atom. The van der Waals surface area contributed by atoms with Crippen molar-refractivity contribution in [3.05, 3.63) is 0 Å². The first-order valence-electron chi connectivity index (χ1n) is 2.31. The van der Waals surface area contributed by atoms with Crippen molar-refractivity contribution in [1.29, 1.82) is 0 Å². The maximum absolute atomic E-state index is 9.63. The molecule has 104 valence electrons. The molecule has 16 heavy (non-hydrogen) atoms. The van der Waals surface area contributed by atoms with Gasteiger partial charge < -0.3 is 45.2 Å². The maximum Gasteiger partial charge on any atom is 0.478 e. The summed E-state index contributed by atoms with van der Waals surface area (Å²) in [6.07, 6.45) is 0. The summed E-state index contributed by atoms with van der Waals surface area (Å²) in [7, 11) is -14.7. The molecule has 0 aliphatic carbocycles. The minimum Gasteiger partial charge on any atom is -0.412 e. The zero-order chi connectivity index (χ0) is 12.2. The lowest BCUT2D eigenvalue weighted by atomic mass is 15.7. The van der Waals surface area contributed by atoms with Crippen LogP contribution in [0, 0.1) is 0 Å². The monoisotopic (exact) mass is 312 g/mol. The van der Waals surface area contributed by atoms with Crippen molar-refractivity contribution in [1.82, 2.24) is 0 Å². The molecule has 16 heteroatoms. The second-order valence-electron chi connectivity index (χ2n) is 1.58. The summed E-state index contributed by atoms with van der Waals surface area (Å²) in [6.45, 7) is 0. The fraction of sp³-hybridized carbons (Fsp3) is 0. The van der Waals surface area contributed by atoms with Gasteiger partial charge in [0.25, 0.3) is 0 Å². The highest BCUT2D eigenvalue weighted by Gasteiger charge is 2.27. The van der Waals surface area contributed by atoms with E-state index in [0.29, 0.717) is 0 Å². The molecule has 0 aliphatic rings. The van der Waals surface area contributed by atoms with Crippen LogP contribution < -0.4 is 0 Å². The van der Waals surface area contributed by atoms with Gasteiger partial charge in [0, 0.05) is 0 Å². The second-order valence-corrected chi connectivity index (χ2v) is 5.22. The molecule has 0 saturated heterocycles. The van der Waals surface area contributed by atoms with E-state index in [4.69, 9.17) is 38.8 Å². The summed E-state index contributed by atoms with van der Waals surface area (Å²) in [6, 6.07) is 0. The molecule has 0 aliphatic heterocycles. The smallest absolute Gasteiger partial charge is 0.412 e. The van der Waals surface area contributed by atoms with Gasteiger partial charge in [-0.05, 0) is 0 Å². The third-order valence-corrected chi connectivity index (χ3v) is 1.91. The Labute approximate surface area is 87.7 Å². The molecule has 13 nitrogen and oxygen atoms in total. The first-order valence-corrected chi connectivity index (χ1v) is 6.94. The van der Waals surface area contributed by atoms with Gasteiger partial charge in [0.05, 0.1) is 0 Å². The van der Waals surface area contributed by atoms with Crippen LogP contribution in [0.3, 0.4) is 0 Å². The molecule has 0 heterocycles. The molecular formula is H11O13P3. The van der Waals surface area contributed by atoms with Crippen molar-refractivity contribution < 1.29 is 63.2 Å². The van der Waals surface area contributed by atoms with Crippen LogP contribution in [0.15, 0.2) is 0 Å². The molecule has 0 atom stereocenters. The molecule has 0 spiro atoms. The van der Waals surface area contributed by atoms with Crippen molar-refractivity contribution >= 4 is 23.5 Å². The molecule has 0 aromatic carbocycles. The van der Waals surface area contributed by atoms with Crippen LogP contribution in [-0.2, 0) is 18.0 Å². The molecule has 11 N–H and O–H groups in total. The van der Waals surface area contributed by atoms with Gasteiger partial charge in [-0.1, -0.05) is 0 Å². The van der Waals surface area contributed by atoms with Crippen molar-refractivity contribution in [2.45, 2.75) is 0 Å². The van der Waals surface area contributed by atoms with Gasteiger partial charge in [-0.3, -0.25) is 0 Å². The summed E-state index contributed by atoms with van der Waals surface area (Å²) < 4.78 is 31.1. The zero-order valence-electron chi connectivity index (χ0n) is 7.11. The summed E-state index contributed by atoms with van der Waals surface area (Å²) in [4.78, 5) is 52.6. The Morgan fingerprint density at radius 3 is 0.750 bits per heavy atom. The van der Waals surface area contributed by atoms with Gasteiger partial charge in [0.2, 0.25) is 0 Å². The molecule has 0 aromatic rings. The van der Waals surface area contributed by atoms with E-state index in [1.807, 2.05) is 0 Å². The van der Waals surface area contributed by atoms with Crippen LogP contribution in [-0.4, -0.2) is 45.2 Å². The van der Waals surface area contributed by atoms with E-state index in [1.54, 1.807) is 0 Å². The fourth-order valence-corrected chi connectivity index (χ4v) is 1.25. The molecule has 0 fully saturated rings. The van der Waals surface area contributed by atoms with Crippen molar-refractivity contribution in [3.8, 4) is 0 Å². The maximum atomic E-state index is 9.63. The van der Waals surface area contributed by atoms with E-state index >= 15 is 0 Å². The Kier molecular flexibility index (Phi) is 13.2.